The van der Waals surface area contributed by atoms with Gasteiger partial charge in [-0.25, -0.2) is 0 Å². The average Bonchev–Trinajstić information content (AvgIpc) is 3.11. The van der Waals surface area contributed by atoms with E-state index in [4.69, 9.17) is 10.5 Å². The van der Waals surface area contributed by atoms with E-state index in [9.17, 15) is 15.2 Å². The minimum Gasteiger partial charge on any atom is -0.469 e. The van der Waals surface area contributed by atoms with E-state index in [1.54, 1.807) is 0 Å². The first-order valence-corrected chi connectivity index (χ1v) is 10.3. The van der Waals surface area contributed by atoms with Gasteiger partial charge in [0.2, 0.25) is 0 Å². The molecule has 4 N–H and O–H groups in total. The van der Waals surface area contributed by atoms with Gasteiger partial charge in [-0.15, -0.1) is 0 Å². The molecule has 1 saturated carbocycles. The summed E-state index contributed by atoms with van der Waals surface area (Å²) >= 11 is 0. The Bertz CT molecular complexity index is 934. The molecule has 7 nitrogen and oxygen atoms in total. The number of piperidine rings is 1. The van der Waals surface area contributed by atoms with Crippen LogP contribution in [0, 0.1) is 29.2 Å². The van der Waals surface area contributed by atoms with E-state index >= 15 is 0 Å². The molecule has 2 aromatic rings. The molecule has 2 aliphatic rings. The summed E-state index contributed by atoms with van der Waals surface area (Å²) in [5.74, 6) is -0.710. The van der Waals surface area contributed by atoms with Crippen molar-refractivity contribution in [2.45, 2.75) is 37.8 Å². The maximum absolute atomic E-state index is 12.5. The zero-order valence-corrected chi connectivity index (χ0v) is 16.7. The Morgan fingerprint density at radius 3 is 2.93 bits per heavy atom. The lowest BCUT2D eigenvalue weighted by molar-refractivity contribution is -0.159. The summed E-state index contributed by atoms with van der Waals surface area (Å²) in [5.41, 5.74) is 9.06. The number of likely N-dealkylation sites (tertiary alicyclic amines) is 1. The second-order valence-electron chi connectivity index (χ2n) is 8.22. The zero-order chi connectivity index (χ0) is 20.5. The number of rotatable bonds is 4. The molecule has 154 valence electrons. The lowest BCUT2D eigenvalue weighted by Crippen LogP contribution is -2.51. The average molecular weight is 396 g/mol. The molecule has 1 aliphatic heterocycles. The van der Waals surface area contributed by atoms with Crippen LogP contribution in [0.5, 0.6) is 0 Å². The van der Waals surface area contributed by atoms with Crippen LogP contribution in [0.3, 0.4) is 0 Å². The molecule has 5 atom stereocenters. The molecule has 0 unspecified atom stereocenters. The minimum atomic E-state index is -0.691. The van der Waals surface area contributed by atoms with E-state index in [0.717, 1.165) is 28.6 Å². The fraction of sp³-hybridized carbons (Fsp3) is 0.545. The number of aliphatic hydroxyl groups is 1. The third-order valence-electron chi connectivity index (χ3n) is 6.79. The number of benzene rings is 1. The fourth-order valence-electron chi connectivity index (χ4n) is 5.46. The van der Waals surface area contributed by atoms with Crippen LogP contribution in [0.15, 0.2) is 24.3 Å². The molecule has 0 bridgehead atoms. The van der Waals surface area contributed by atoms with Gasteiger partial charge >= 0.3 is 5.97 Å². The third kappa shape index (κ3) is 3.37. The van der Waals surface area contributed by atoms with Gasteiger partial charge in [-0.1, -0.05) is 18.2 Å². The predicted octanol–water partition coefficient (Wildman–Crippen LogP) is 2.07. The van der Waals surface area contributed by atoms with Crippen molar-refractivity contribution in [1.29, 1.82) is 5.26 Å². The van der Waals surface area contributed by atoms with Gasteiger partial charge in [0.25, 0.3) is 0 Å². The highest BCUT2D eigenvalue weighted by Crippen LogP contribution is 2.47. The normalized spacial score (nSPS) is 29.3. The van der Waals surface area contributed by atoms with E-state index in [2.05, 4.69) is 17.2 Å². The number of carbonyl (C=O) groups is 1. The maximum Gasteiger partial charge on any atom is 0.311 e. The predicted molar refractivity (Wildman–Crippen MR) is 108 cm³/mol. The van der Waals surface area contributed by atoms with Gasteiger partial charge in [-0.3, -0.25) is 4.79 Å². The fourth-order valence-corrected chi connectivity index (χ4v) is 5.46. The Morgan fingerprint density at radius 1 is 1.41 bits per heavy atom. The van der Waals surface area contributed by atoms with Crippen molar-refractivity contribution in [3.05, 3.63) is 35.5 Å². The van der Waals surface area contributed by atoms with E-state index in [1.165, 1.54) is 7.11 Å². The van der Waals surface area contributed by atoms with Crippen molar-refractivity contribution in [2.75, 3.05) is 20.2 Å². The second kappa shape index (κ2) is 8.05. The van der Waals surface area contributed by atoms with Gasteiger partial charge in [0.1, 0.15) is 0 Å². The molecule has 2 fully saturated rings. The van der Waals surface area contributed by atoms with E-state index in [-0.39, 0.29) is 23.8 Å². The van der Waals surface area contributed by atoms with Gasteiger partial charge < -0.3 is 25.5 Å². The summed E-state index contributed by atoms with van der Waals surface area (Å²) in [5, 5.41) is 21.5. The zero-order valence-electron chi connectivity index (χ0n) is 16.7. The standard InChI is InChI=1S/C22H28N4O3/c1-29-22(28)20-16-10-18(26(12-24)11-13(16)6-7-19(20)27)21-15(8-9-23)14-4-2-3-5-17(14)25-21/h2-5,13,16,18-20,25,27H,6-11,23H2,1H3/t13-,16-,18-,19-,20+/m0/s1. The molecule has 1 aliphatic carbocycles. The first-order chi connectivity index (χ1) is 14.1. The molecule has 1 aromatic carbocycles. The van der Waals surface area contributed by atoms with Crippen molar-refractivity contribution < 1.29 is 14.6 Å². The second-order valence-corrected chi connectivity index (χ2v) is 8.22. The Kier molecular flexibility index (Phi) is 5.48. The topological polar surface area (TPSA) is 115 Å². The highest BCUT2D eigenvalue weighted by Gasteiger charge is 2.49. The molecule has 4 rings (SSSR count). The number of hydrogen-bond donors (Lipinski definition) is 3. The van der Waals surface area contributed by atoms with Crippen LogP contribution in [-0.4, -0.2) is 47.3 Å². The van der Waals surface area contributed by atoms with Crippen LogP contribution in [-0.2, 0) is 16.0 Å². The van der Waals surface area contributed by atoms with E-state index in [1.807, 2.05) is 23.1 Å². The highest BCUT2D eigenvalue weighted by molar-refractivity contribution is 5.85. The Morgan fingerprint density at radius 2 is 2.21 bits per heavy atom. The number of nitrogens with one attached hydrogen (secondary N) is 1. The number of aliphatic hydroxyl groups excluding tert-OH is 1. The molecule has 29 heavy (non-hydrogen) atoms. The molecule has 0 radical (unpaired) electrons. The van der Waals surface area contributed by atoms with Crippen molar-refractivity contribution in [3.63, 3.8) is 0 Å². The first-order valence-electron chi connectivity index (χ1n) is 10.3. The summed E-state index contributed by atoms with van der Waals surface area (Å²) in [6.45, 7) is 1.10. The lowest BCUT2D eigenvalue weighted by Gasteiger charge is -2.47. The SMILES string of the molecule is COC(=O)[C@@H]1[C@H]2C[C@@H](c3[nH]c4ccccc4c3CCN)N(C#N)C[C@@H]2CC[C@@H]1O. The smallest absolute Gasteiger partial charge is 0.311 e. The quantitative estimate of drug-likeness (QED) is 0.538. The van der Waals surface area contributed by atoms with Gasteiger partial charge in [0.05, 0.1) is 25.2 Å². The highest BCUT2D eigenvalue weighted by atomic mass is 16.5. The van der Waals surface area contributed by atoms with Crippen LogP contribution >= 0.6 is 0 Å². The monoisotopic (exact) mass is 396 g/mol. The van der Waals surface area contributed by atoms with Crippen molar-refractivity contribution in [1.82, 2.24) is 9.88 Å². The third-order valence-corrected chi connectivity index (χ3v) is 6.79. The van der Waals surface area contributed by atoms with E-state index < -0.39 is 12.0 Å². The number of para-hydroxylation sites is 1. The first kappa shape index (κ1) is 19.7. The Hall–Kier alpha value is -2.56. The number of nitrogens with two attached hydrogens (primary N) is 1. The molecule has 7 heteroatoms. The van der Waals surface area contributed by atoms with Crippen LogP contribution in [0.4, 0.5) is 0 Å². The largest absolute Gasteiger partial charge is 0.469 e. The van der Waals surface area contributed by atoms with Gasteiger partial charge in [0.15, 0.2) is 6.19 Å². The van der Waals surface area contributed by atoms with E-state index in [0.29, 0.717) is 32.4 Å². The number of aromatic nitrogens is 1. The van der Waals surface area contributed by atoms with Crippen LogP contribution in [0.25, 0.3) is 10.9 Å². The number of hydrogen-bond acceptors (Lipinski definition) is 6. The maximum atomic E-state index is 12.5. The number of H-pyrrole nitrogens is 1. The molecular weight excluding hydrogens is 368 g/mol. The number of fused-ring (bicyclic) bond motifs is 2. The molecular formula is C22H28N4O3. The van der Waals surface area contributed by atoms with Crippen molar-refractivity contribution in [3.8, 4) is 6.19 Å². The summed E-state index contributed by atoms with van der Waals surface area (Å²) < 4.78 is 5.01. The van der Waals surface area contributed by atoms with Crippen LogP contribution < -0.4 is 5.73 Å². The van der Waals surface area contributed by atoms with Crippen molar-refractivity contribution in [2.24, 2.45) is 23.5 Å². The van der Waals surface area contributed by atoms with Crippen LogP contribution in [0.2, 0.25) is 0 Å². The summed E-state index contributed by atoms with van der Waals surface area (Å²) in [7, 11) is 1.37. The number of esters is 1. The summed E-state index contributed by atoms with van der Waals surface area (Å²) in [4.78, 5) is 17.8. The number of methoxy groups -OCH3 is 1. The Balaban J connectivity index is 1.75. The number of aromatic amines is 1. The van der Waals surface area contributed by atoms with Crippen molar-refractivity contribution >= 4 is 16.9 Å². The van der Waals surface area contributed by atoms with Crippen LogP contribution in [0.1, 0.15) is 36.6 Å². The lowest BCUT2D eigenvalue weighted by atomic mass is 9.65. The number of nitrogens with zero attached hydrogens (tertiary/aromatic N) is 2. The number of carbonyl (C=O) groups excluding carboxylic acids is 1. The summed E-state index contributed by atoms with van der Waals surface area (Å²) in [6, 6.07) is 7.92. The molecule has 2 heterocycles. The number of ether oxygens (including phenoxy) is 1. The van der Waals surface area contributed by atoms with Gasteiger partial charge in [-0.2, -0.15) is 5.26 Å². The summed E-state index contributed by atoms with van der Waals surface area (Å²) in [6.07, 6.45) is 4.40. The molecule has 1 saturated heterocycles. The molecule has 0 spiro atoms. The number of nitriles is 1. The van der Waals surface area contributed by atoms with Gasteiger partial charge in [-0.05, 0) is 55.7 Å². The minimum absolute atomic E-state index is 0.0158. The molecule has 1 aromatic heterocycles. The van der Waals surface area contributed by atoms with Gasteiger partial charge in [0, 0.05) is 23.1 Å². The molecule has 0 amide bonds. The Labute approximate surface area is 170 Å².